The number of carbonyl (C=O) groups is 1. The Labute approximate surface area is 255 Å². The molecule has 1 aliphatic rings. The number of nitrogens with two attached hydrogens (primary N) is 2. The van der Waals surface area contributed by atoms with Gasteiger partial charge in [0.1, 0.15) is 5.82 Å². The number of amides is 1. The van der Waals surface area contributed by atoms with E-state index in [1.807, 2.05) is 24.3 Å². The molecule has 3 aromatic carbocycles. The molecule has 44 heavy (non-hydrogen) atoms. The zero-order valence-electron chi connectivity index (χ0n) is 24.2. The van der Waals surface area contributed by atoms with Gasteiger partial charge in [-0.25, -0.2) is 13.4 Å². The number of nitrogens with zero attached hydrogens (tertiary/aromatic N) is 2. The largest absolute Gasteiger partial charge is 0.382 e. The van der Waals surface area contributed by atoms with Gasteiger partial charge in [0.05, 0.1) is 28.3 Å². The van der Waals surface area contributed by atoms with Crippen molar-refractivity contribution >= 4 is 38.3 Å². The smallest absolute Gasteiger partial charge is 0.261 e. The number of nitrogen functional groups attached to an aromatic ring is 1. The zero-order chi connectivity index (χ0) is 30.7. The van der Waals surface area contributed by atoms with E-state index in [2.05, 4.69) is 30.2 Å². The summed E-state index contributed by atoms with van der Waals surface area (Å²) in [5, 5.41) is 11.1. The molecule has 2 aromatic heterocycles. The van der Waals surface area contributed by atoms with Crippen molar-refractivity contribution in [2.75, 3.05) is 17.0 Å². The van der Waals surface area contributed by atoms with Crippen molar-refractivity contribution in [3.05, 3.63) is 90.4 Å². The first-order valence-corrected chi connectivity index (χ1v) is 16.2. The first-order chi connectivity index (χ1) is 21.3. The summed E-state index contributed by atoms with van der Waals surface area (Å²) in [7, 11) is -3.75. The van der Waals surface area contributed by atoms with E-state index in [0.29, 0.717) is 36.2 Å². The minimum atomic E-state index is -3.75. The van der Waals surface area contributed by atoms with Gasteiger partial charge in [0.15, 0.2) is 5.82 Å². The first-order valence-electron chi connectivity index (χ1n) is 14.7. The van der Waals surface area contributed by atoms with E-state index < -0.39 is 16.1 Å². The lowest BCUT2D eigenvalue weighted by atomic mass is 9.81. The molecule has 2 heterocycles. The number of fused-ring (bicyclic) bond motifs is 1. The molecule has 8 N–H and O–H groups in total. The third-order valence-corrected chi connectivity index (χ3v) is 9.77. The van der Waals surface area contributed by atoms with Gasteiger partial charge in [-0.15, -0.1) is 0 Å². The quantitative estimate of drug-likeness (QED) is 0.134. The third-order valence-electron chi connectivity index (χ3n) is 8.37. The maximum Gasteiger partial charge on any atom is 0.261 e. The van der Waals surface area contributed by atoms with E-state index in [0.717, 1.165) is 53.4 Å². The number of benzene rings is 3. The molecule has 0 unspecified atom stereocenters. The van der Waals surface area contributed by atoms with Crippen LogP contribution in [0.15, 0.2) is 83.9 Å². The van der Waals surface area contributed by atoms with Crippen LogP contribution >= 0.6 is 0 Å². The molecule has 0 aliphatic heterocycles. The predicted octanol–water partition coefficient (Wildman–Crippen LogP) is 4.50. The molecule has 5 aromatic rings. The van der Waals surface area contributed by atoms with Crippen molar-refractivity contribution in [3.8, 4) is 11.3 Å². The van der Waals surface area contributed by atoms with Crippen LogP contribution in [0.1, 0.15) is 43.1 Å². The van der Waals surface area contributed by atoms with E-state index in [1.54, 1.807) is 54.7 Å². The molecule has 1 fully saturated rings. The summed E-state index contributed by atoms with van der Waals surface area (Å²) < 4.78 is 28.5. The Balaban J connectivity index is 1.25. The van der Waals surface area contributed by atoms with Crippen molar-refractivity contribution in [2.45, 2.75) is 43.0 Å². The number of aromatic amines is 2. The Morgan fingerprint density at radius 3 is 2.57 bits per heavy atom. The Bertz CT molecular complexity index is 1860. The van der Waals surface area contributed by atoms with Crippen molar-refractivity contribution in [3.63, 3.8) is 0 Å². The summed E-state index contributed by atoms with van der Waals surface area (Å²) in [4.78, 5) is 21.8. The van der Waals surface area contributed by atoms with E-state index in [4.69, 9.17) is 11.5 Å². The summed E-state index contributed by atoms with van der Waals surface area (Å²) >= 11 is 0. The number of carbonyl (C=O) groups excluding carboxylic acids is 1. The molecule has 1 atom stereocenters. The van der Waals surface area contributed by atoms with E-state index in [1.165, 1.54) is 0 Å². The average molecular weight is 613 g/mol. The second kappa shape index (κ2) is 12.5. The second-order valence-corrected chi connectivity index (χ2v) is 13.1. The highest BCUT2D eigenvalue weighted by atomic mass is 32.2. The van der Waals surface area contributed by atoms with Crippen LogP contribution in [0, 0.1) is 11.8 Å². The molecule has 1 saturated carbocycles. The summed E-state index contributed by atoms with van der Waals surface area (Å²) in [5.74, 6) is 1.40. The van der Waals surface area contributed by atoms with Gasteiger partial charge in [-0.2, -0.15) is 5.10 Å². The van der Waals surface area contributed by atoms with Crippen LogP contribution < -0.4 is 21.5 Å². The number of rotatable bonds is 10. The number of nitrogens with one attached hydrogen (secondary N) is 4. The lowest BCUT2D eigenvalue weighted by Crippen LogP contribution is -2.37. The van der Waals surface area contributed by atoms with Crippen LogP contribution in [0.3, 0.4) is 0 Å². The van der Waals surface area contributed by atoms with Gasteiger partial charge in [0.2, 0.25) is 5.91 Å². The number of H-pyrrole nitrogens is 2. The molecule has 1 amide bonds. The van der Waals surface area contributed by atoms with E-state index >= 15 is 0 Å². The molecule has 228 valence electrons. The fourth-order valence-corrected chi connectivity index (χ4v) is 6.92. The van der Waals surface area contributed by atoms with Crippen LogP contribution in [0.2, 0.25) is 0 Å². The number of anilines is 2. The highest BCUT2D eigenvalue weighted by Crippen LogP contribution is 2.30. The zero-order valence-corrected chi connectivity index (χ0v) is 25.0. The van der Waals surface area contributed by atoms with Gasteiger partial charge >= 0.3 is 0 Å². The van der Waals surface area contributed by atoms with Crippen LogP contribution in [0.4, 0.5) is 11.5 Å². The number of aromatic nitrogens is 4. The average Bonchev–Trinajstić information content (AvgIpc) is 3.68. The molecule has 0 saturated heterocycles. The highest BCUT2D eigenvalue weighted by Gasteiger charge is 2.28. The Morgan fingerprint density at radius 2 is 1.80 bits per heavy atom. The third kappa shape index (κ3) is 6.46. The van der Waals surface area contributed by atoms with Gasteiger partial charge in [0.25, 0.3) is 10.0 Å². The van der Waals surface area contributed by atoms with Crippen molar-refractivity contribution in [2.24, 2.45) is 17.6 Å². The van der Waals surface area contributed by atoms with Gasteiger partial charge in [-0.3, -0.25) is 14.6 Å². The SMILES string of the molecule is NCC1CCC(C(=O)N[C@@H](Cc2cccc(NS(=O)(=O)c3ccccc3)c2)c2ncc(-c3ccc4c(N)n[nH]c4c3)[nH]2)CC1. The van der Waals surface area contributed by atoms with Crippen LogP contribution in [0.5, 0.6) is 0 Å². The van der Waals surface area contributed by atoms with Crippen molar-refractivity contribution in [1.82, 2.24) is 25.5 Å². The molecular weight excluding hydrogens is 576 g/mol. The highest BCUT2D eigenvalue weighted by molar-refractivity contribution is 7.92. The second-order valence-electron chi connectivity index (χ2n) is 11.4. The number of imidazole rings is 1. The summed E-state index contributed by atoms with van der Waals surface area (Å²) in [6.07, 6.45) is 5.62. The molecule has 1 aliphatic carbocycles. The van der Waals surface area contributed by atoms with E-state index in [-0.39, 0.29) is 16.7 Å². The number of hydrogen-bond acceptors (Lipinski definition) is 7. The van der Waals surface area contributed by atoms with Gasteiger partial charge in [-0.1, -0.05) is 36.4 Å². The Morgan fingerprint density at radius 1 is 1.00 bits per heavy atom. The molecule has 0 radical (unpaired) electrons. The molecule has 11 nitrogen and oxygen atoms in total. The molecule has 0 spiro atoms. The van der Waals surface area contributed by atoms with Crippen molar-refractivity contribution < 1.29 is 13.2 Å². The lowest BCUT2D eigenvalue weighted by molar-refractivity contribution is -0.127. The molecule has 0 bridgehead atoms. The minimum Gasteiger partial charge on any atom is -0.382 e. The topological polar surface area (TPSA) is 185 Å². The normalized spacial score (nSPS) is 17.8. The molecule has 12 heteroatoms. The fraction of sp³-hybridized carbons (Fsp3) is 0.281. The van der Waals surface area contributed by atoms with Crippen LogP contribution in [-0.2, 0) is 21.2 Å². The van der Waals surface area contributed by atoms with Crippen LogP contribution in [-0.4, -0.2) is 41.0 Å². The summed E-state index contributed by atoms with van der Waals surface area (Å²) in [5.41, 5.74) is 15.5. The van der Waals surface area contributed by atoms with Crippen molar-refractivity contribution in [1.29, 1.82) is 0 Å². The monoisotopic (exact) mass is 612 g/mol. The molecular formula is C32H36N8O3S. The molecule has 6 rings (SSSR count). The predicted molar refractivity (Wildman–Crippen MR) is 171 cm³/mol. The fourth-order valence-electron chi connectivity index (χ4n) is 5.85. The van der Waals surface area contributed by atoms with Gasteiger partial charge < -0.3 is 21.8 Å². The number of sulfonamides is 1. The Hall–Kier alpha value is -4.68. The maximum atomic E-state index is 13.5. The van der Waals surface area contributed by atoms with E-state index in [9.17, 15) is 13.2 Å². The maximum absolute atomic E-state index is 13.5. The summed E-state index contributed by atoms with van der Waals surface area (Å²) in [6, 6.07) is 20.7. The first kappa shape index (κ1) is 29.4. The lowest BCUT2D eigenvalue weighted by Gasteiger charge is -2.28. The minimum absolute atomic E-state index is 0.0151. The summed E-state index contributed by atoms with van der Waals surface area (Å²) in [6.45, 7) is 0.646. The van der Waals surface area contributed by atoms with Gasteiger partial charge in [-0.05, 0) is 86.5 Å². The van der Waals surface area contributed by atoms with Gasteiger partial charge in [0, 0.05) is 22.6 Å². The number of hydrogen-bond donors (Lipinski definition) is 6. The Kier molecular flexibility index (Phi) is 8.36. The standard InChI is InChI=1S/C32H36N8O3S/c33-18-20-9-11-22(12-10-20)32(41)37-28(31-35-19-29(36-31)23-13-14-26-27(17-23)38-39-30(26)34)16-21-5-4-6-24(15-21)40-44(42,43)25-7-2-1-3-8-25/h1-8,13-15,17,19-20,22,28,40H,9-12,16,18,33H2,(H,35,36)(H,37,41)(H3,34,38,39)/t20?,22?,28-/m0/s1. The van der Waals surface area contributed by atoms with Crippen LogP contribution in [0.25, 0.3) is 22.2 Å².